The van der Waals surface area contributed by atoms with E-state index in [1.54, 1.807) is 16.9 Å². The van der Waals surface area contributed by atoms with E-state index in [-0.39, 0.29) is 0 Å². The van der Waals surface area contributed by atoms with Gasteiger partial charge in [-0.3, -0.25) is 0 Å². The molecule has 6 heteroatoms. The predicted molar refractivity (Wildman–Crippen MR) is 51.7 cm³/mol. The molecular formula is C8H10N6. The van der Waals surface area contributed by atoms with Gasteiger partial charge in [-0.25, -0.2) is 20.5 Å². The van der Waals surface area contributed by atoms with Crippen molar-refractivity contribution in [3.63, 3.8) is 0 Å². The maximum Gasteiger partial charge on any atom is 0.158 e. The Morgan fingerprint density at radius 2 is 2.29 bits per heavy atom. The quantitative estimate of drug-likeness (QED) is 0.524. The summed E-state index contributed by atoms with van der Waals surface area (Å²) in [6.07, 6.45) is 5.07. The summed E-state index contributed by atoms with van der Waals surface area (Å²) in [5.74, 6) is 6.47. The van der Waals surface area contributed by atoms with Crippen LogP contribution in [-0.2, 0) is 0 Å². The molecule has 0 atom stereocenters. The van der Waals surface area contributed by atoms with Crippen molar-refractivity contribution in [2.75, 3.05) is 5.43 Å². The third kappa shape index (κ3) is 1.55. The van der Waals surface area contributed by atoms with Crippen LogP contribution in [0.2, 0.25) is 0 Å². The molecule has 0 saturated heterocycles. The minimum Gasteiger partial charge on any atom is -0.308 e. The standard InChI is InChI=1S/C8H10N6/c1-6-3-12-14(4-6)8-2-7(13-9)10-5-11-8/h2-5H,9H2,1H3,(H,10,11,13). The zero-order valence-electron chi connectivity index (χ0n) is 7.68. The van der Waals surface area contributed by atoms with Crippen LogP contribution in [-0.4, -0.2) is 19.7 Å². The molecule has 0 aliphatic carbocycles. The number of hydrogen-bond acceptors (Lipinski definition) is 5. The normalized spacial score (nSPS) is 10.1. The van der Waals surface area contributed by atoms with Gasteiger partial charge in [0, 0.05) is 12.3 Å². The molecule has 0 aliphatic rings. The summed E-state index contributed by atoms with van der Waals surface area (Å²) in [5, 5.41) is 4.12. The second-order valence-corrected chi connectivity index (χ2v) is 2.87. The second-order valence-electron chi connectivity index (χ2n) is 2.87. The number of nitrogen functional groups attached to an aromatic ring is 1. The van der Waals surface area contributed by atoms with Crippen molar-refractivity contribution in [3.8, 4) is 5.82 Å². The highest BCUT2D eigenvalue weighted by atomic mass is 15.3. The molecule has 14 heavy (non-hydrogen) atoms. The first kappa shape index (κ1) is 8.64. The van der Waals surface area contributed by atoms with E-state index in [9.17, 15) is 0 Å². The van der Waals surface area contributed by atoms with E-state index >= 15 is 0 Å². The molecule has 72 valence electrons. The van der Waals surface area contributed by atoms with Gasteiger partial charge in [-0.1, -0.05) is 0 Å². The van der Waals surface area contributed by atoms with Gasteiger partial charge in [0.05, 0.1) is 6.20 Å². The minimum absolute atomic E-state index is 0.558. The summed E-state index contributed by atoms with van der Waals surface area (Å²) in [7, 11) is 0. The minimum atomic E-state index is 0.558. The lowest BCUT2D eigenvalue weighted by Gasteiger charge is -2.01. The van der Waals surface area contributed by atoms with Crippen LogP contribution in [0, 0.1) is 6.92 Å². The zero-order valence-corrected chi connectivity index (χ0v) is 7.68. The Bertz CT molecular complexity index is 435. The topological polar surface area (TPSA) is 81.7 Å². The van der Waals surface area contributed by atoms with Gasteiger partial charge in [-0.15, -0.1) is 0 Å². The number of nitrogens with one attached hydrogen (secondary N) is 1. The van der Waals surface area contributed by atoms with Crippen molar-refractivity contribution in [1.82, 2.24) is 19.7 Å². The Morgan fingerprint density at radius 1 is 1.43 bits per heavy atom. The van der Waals surface area contributed by atoms with Gasteiger partial charge < -0.3 is 5.43 Å². The van der Waals surface area contributed by atoms with E-state index in [0.717, 1.165) is 5.56 Å². The molecule has 0 saturated carbocycles. The summed E-state index contributed by atoms with van der Waals surface area (Å²) in [4.78, 5) is 7.97. The highest BCUT2D eigenvalue weighted by Crippen LogP contribution is 2.07. The van der Waals surface area contributed by atoms with Crippen LogP contribution in [0.25, 0.3) is 5.82 Å². The number of hydrogen-bond donors (Lipinski definition) is 2. The van der Waals surface area contributed by atoms with Crippen LogP contribution in [0.5, 0.6) is 0 Å². The van der Waals surface area contributed by atoms with E-state index < -0.39 is 0 Å². The van der Waals surface area contributed by atoms with Gasteiger partial charge in [0.25, 0.3) is 0 Å². The Balaban J connectivity index is 2.41. The monoisotopic (exact) mass is 190 g/mol. The number of aromatic nitrogens is 4. The molecule has 2 heterocycles. The lowest BCUT2D eigenvalue weighted by atomic mass is 10.4. The second kappa shape index (κ2) is 3.43. The van der Waals surface area contributed by atoms with E-state index in [2.05, 4.69) is 20.5 Å². The van der Waals surface area contributed by atoms with Crippen molar-refractivity contribution < 1.29 is 0 Å². The fraction of sp³-hybridized carbons (Fsp3) is 0.125. The van der Waals surface area contributed by atoms with Crippen LogP contribution in [0.4, 0.5) is 5.82 Å². The average molecular weight is 190 g/mol. The van der Waals surface area contributed by atoms with Gasteiger partial charge in [0.2, 0.25) is 0 Å². The highest BCUT2D eigenvalue weighted by Gasteiger charge is 2.00. The molecule has 2 rings (SSSR count). The number of rotatable bonds is 2. The van der Waals surface area contributed by atoms with Gasteiger partial charge in [-0.05, 0) is 12.5 Å². The first-order valence-corrected chi connectivity index (χ1v) is 4.10. The third-order valence-electron chi connectivity index (χ3n) is 1.75. The highest BCUT2D eigenvalue weighted by molar-refractivity contribution is 5.38. The van der Waals surface area contributed by atoms with Gasteiger partial charge in [0.1, 0.15) is 12.1 Å². The number of nitrogens with two attached hydrogens (primary N) is 1. The molecule has 0 unspecified atom stereocenters. The zero-order chi connectivity index (χ0) is 9.97. The fourth-order valence-corrected chi connectivity index (χ4v) is 1.09. The maximum atomic E-state index is 5.23. The molecule has 2 aromatic rings. The first-order valence-electron chi connectivity index (χ1n) is 4.10. The molecule has 2 aromatic heterocycles. The van der Waals surface area contributed by atoms with E-state index in [1.807, 2.05) is 13.1 Å². The lowest BCUT2D eigenvalue weighted by molar-refractivity contribution is 0.839. The van der Waals surface area contributed by atoms with E-state index in [1.165, 1.54) is 6.33 Å². The van der Waals surface area contributed by atoms with Gasteiger partial charge in [0.15, 0.2) is 5.82 Å². The first-order chi connectivity index (χ1) is 6.79. The SMILES string of the molecule is Cc1cnn(-c2cc(NN)ncn2)c1. The summed E-state index contributed by atoms with van der Waals surface area (Å²) in [5.41, 5.74) is 3.53. The maximum absolute atomic E-state index is 5.23. The molecule has 0 radical (unpaired) electrons. The molecule has 0 bridgehead atoms. The van der Waals surface area contributed by atoms with Gasteiger partial charge >= 0.3 is 0 Å². The summed E-state index contributed by atoms with van der Waals surface area (Å²) >= 11 is 0. The largest absolute Gasteiger partial charge is 0.308 e. The average Bonchev–Trinajstić information content (AvgIpc) is 2.65. The number of anilines is 1. The fourth-order valence-electron chi connectivity index (χ4n) is 1.09. The van der Waals surface area contributed by atoms with Crippen LogP contribution < -0.4 is 11.3 Å². The van der Waals surface area contributed by atoms with E-state index in [4.69, 9.17) is 5.84 Å². The van der Waals surface area contributed by atoms with Gasteiger partial charge in [-0.2, -0.15) is 5.10 Å². The van der Waals surface area contributed by atoms with Crippen LogP contribution in [0.1, 0.15) is 5.56 Å². The lowest BCUT2D eigenvalue weighted by Crippen LogP contribution is -2.10. The van der Waals surface area contributed by atoms with Crippen molar-refractivity contribution in [2.24, 2.45) is 5.84 Å². The molecule has 0 aromatic carbocycles. The molecule has 0 fully saturated rings. The van der Waals surface area contributed by atoms with Crippen molar-refractivity contribution in [1.29, 1.82) is 0 Å². The Hall–Kier alpha value is -1.95. The van der Waals surface area contributed by atoms with Crippen LogP contribution in [0.3, 0.4) is 0 Å². The van der Waals surface area contributed by atoms with Crippen molar-refractivity contribution >= 4 is 5.82 Å². The van der Waals surface area contributed by atoms with E-state index in [0.29, 0.717) is 11.6 Å². The summed E-state index contributed by atoms with van der Waals surface area (Å²) in [6.45, 7) is 1.97. The number of hydrazine groups is 1. The number of nitrogens with zero attached hydrogens (tertiary/aromatic N) is 4. The van der Waals surface area contributed by atoms with Crippen molar-refractivity contribution in [3.05, 3.63) is 30.4 Å². The Labute approximate surface area is 80.8 Å². The molecule has 0 aliphatic heterocycles. The molecule has 3 N–H and O–H groups in total. The Kier molecular flexibility index (Phi) is 2.11. The molecule has 6 nitrogen and oxygen atoms in total. The molecular weight excluding hydrogens is 180 g/mol. The predicted octanol–water partition coefficient (Wildman–Crippen LogP) is 0.256. The summed E-state index contributed by atoms with van der Waals surface area (Å²) in [6, 6.07) is 1.71. The van der Waals surface area contributed by atoms with Crippen LogP contribution >= 0.6 is 0 Å². The summed E-state index contributed by atoms with van der Waals surface area (Å²) < 4.78 is 1.66. The number of aryl methyl sites for hydroxylation is 1. The van der Waals surface area contributed by atoms with Crippen LogP contribution in [0.15, 0.2) is 24.8 Å². The molecule has 0 amide bonds. The van der Waals surface area contributed by atoms with Crippen molar-refractivity contribution in [2.45, 2.75) is 6.92 Å². The Morgan fingerprint density at radius 3 is 2.93 bits per heavy atom. The molecule has 0 spiro atoms. The third-order valence-corrected chi connectivity index (χ3v) is 1.75. The smallest absolute Gasteiger partial charge is 0.158 e.